The lowest BCUT2D eigenvalue weighted by molar-refractivity contribution is 0.104. The summed E-state index contributed by atoms with van der Waals surface area (Å²) in [5.41, 5.74) is 1.98. The van der Waals surface area contributed by atoms with E-state index < -0.39 is 0 Å². The molecule has 0 aliphatic carbocycles. The number of furan rings is 1. The lowest BCUT2D eigenvalue weighted by Crippen LogP contribution is -2.01. The van der Waals surface area contributed by atoms with E-state index in [0.717, 1.165) is 10.9 Å². The van der Waals surface area contributed by atoms with Crippen LogP contribution in [0.1, 0.15) is 15.9 Å². The van der Waals surface area contributed by atoms with Crippen LogP contribution >= 0.6 is 0 Å². The molecule has 0 amide bonds. The van der Waals surface area contributed by atoms with Gasteiger partial charge in [-0.1, -0.05) is 30.3 Å². The molecule has 116 valence electrons. The van der Waals surface area contributed by atoms with Crippen molar-refractivity contribution < 1.29 is 18.7 Å². The first-order valence-corrected chi connectivity index (χ1v) is 7.14. The maximum Gasteiger partial charge on any atom is 0.193 e. The van der Waals surface area contributed by atoms with E-state index >= 15 is 0 Å². The van der Waals surface area contributed by atoms with Crippen LogP contribution in [0.15, 0.2) is 65.3 Å². The summed E-state index contributed by atoms with van der Waals surface area (Å²) < 4.78 is 16.1. The van der Waals surface area contributed by atoms with Crippen LogP contribution in [-0.4, -0.2) is 20.0 Å². The number of fused-ring (bicyclic) bond motifs is 1. The van der Waals surface area contributed by atoms with Crippen molar-refractivity contribution in [3.05, 3.63) is 72.0 Å². The Bertz CT molecular complexity index is 859. The number of ether oxygens (including phenoxy) is 2. The first-order chi connectivity index (χ1) is 11.2. The molecule has 0 unspecified atom stereocenters. The SMILES string of the molecule is CO/C(=C\C(=O)c1ccc2occc2c1OC)c1ccccc1. The Labute approximate surface area is 133 Å². The number of methoxy groups -OCH3 is 2. The van der Waals surface area contributed by atoms with Crippen LogP contribution in [-0.2, 0) is 4.74 Å². The van der Waals surface area contributed by atoms with Crippen molar-refractivity contribution in [3.63, 3.8) is 0 Å². The maximum atomic E-state index is 12.7. The number of benzene rings is 2. The van der Waals surface area contributed by atoms with Gasteiger partial charge in [-0.3, -0.25) is 4.79 Å². The molecule has 23 heavy (non-hydrogen) atoms. The minimum atomic E-state index is -0.189. The van der Waals surface area contributed by atoms with Crippen LogP contribution in [0.3, 0.4) is 0 Å². The van der Waals surface area contributed by atoms with Gasteiger partial charge in [0, 0.05) is 11.6 Å². The largest absolute Gasteiger partial charge is 0.496 e. The van der Waals surface area contributed by atoms with Crippen LogP contribution in [0.5, 0.6) is 5.75 Å². The second kappa shape index (κ2) is 6.40. The van der Waals surface area contributed by atoms with Crippen LogP contribution < -0.4 is 4.74 Å². The molecule has 0 aliphatic heterocycles. The Kier molecular flexibility index (Phi) is 4.15. The fourth-order valence-corrected chi connectivity index (χ4v) is 2.49. The number of rotatable bonds is 5. The second-order valence-corrected chi connectivity index (χ2v) is 4.92. The number of hydrogen-bond donors (Lipinski definition) is 0. The molecule has 0 radical (unpaired) electrons. The molecule has 0 fully saturated rings. The molecule has 0 bridgehead atoms. The lowest BCUT2D eigenvalue weighted by atomic mass is 10.0. The highest BCUT2D eigenvalue weighted by atomic mass is 16.5. The summed E-state index contributed by atoms with van der Waals surface area (Å²) >= 11 is 0. The van der Waals surface area contributed by atoms with E-state index in [1.807, 2.05) is 30.3 Å². The predicted octanol–water partition coefficient (Wildman–Crippen LogP) is 4.31. The number of carbonyl (C=O) groups excluding carboxylic acids is 1. The van der Waals surface area contributed by atoms with Crippen LogP contribution in [0.4, 0.5) is 0 Å². The zero-order valence-electron chi connectivity index (χ0n) is 12.9. The Morgan fingerprint density at radius 1 is 1.04 bits per heavy atom. The van der Waals surface area contributed by atoms with E-state index in [4.69, 9.17) is 13.9 Å². The molecule has 1 heterocycles. The van der Waals surface area contributed by atoms with Gasteiger partial charge in [0.2, 0.25) is 0 Å². The van der Waals surface area contributed by atoms with Crippen molar-refractivity contribution in [2.24, 2.45) is 0 Å². The topological polar surface area (TPSA) is 48.7 Å². The van der Waals surface area contributed by atoms with Crippen molar-refractivity contribution in [2.45, 2.75) is 0 Å². The Morgan fingerprint density at radius 2 is 1.83 bits per heavy atom. The quantitative estimate of drug-likeness (QED) is 0.400. The number of hydrogen-bond acceptors (Lipinski definition) is 4. The van der Waals surface area contributed by atoms with Gasteiger partial charge in [0.25, 0.3) is 0 Å². The van der Waals surface area contributed by atoms with Gasteiger partial charge in [0.15, 0.2) is 5.78 Å². The van der Waals surface area contributed by atoms with E-state index in [0.29, 0.717) is 22.7 Å². The van der Waals surface area contributed by atoms with Gasteiger partial charge in [-0.25, -0.2) is 0 Å². The van der Waals surface area contributed by atoms with Gasteiger partial charge >= 0.3 is 0 Å². The average Bonchev–Trinajstić information content (AvgIpc) is 3.08. The lowest BCUT2D eigenvalue weighted by Gasteiger charge is -2.09. The van der Waals surface area contributed by atoms with Crippen LogP contribution in [0.2, 0.25) is 0 Å². The van der Waals surface area contributed by atoms with Gasteiger partial charge in [0.1, 0.15) is 17.1 Å². The van der Waals surface area contributed by atoms with E-state index in [1.165, 1.54) is 13.2 Å². The summed E-state index contributed by atoms with van der Waals surface area (Å²) in [7, 11) is 3.08. The van der Waals surface area contributed by atoms with E-state index in [-0.39, 0.29) is 5.78 Å². The normalized spacial score (nSPS) is 11.5. The van der Waals surface area contributed by atoms with Gasteiger partial charge in [-0.15, -0.1) is 0 Å². The van der Waals surface area contributed by atoms with Gasteiger partial charge < -0.3 is 13.9 Å². The molecular formula is C19H16O4. The molecule has 3 rings (SSSR count). The zero-order chi connectivity index (χ0) is 16.2. The Morgan fingerprint density at radius 3 is 2.52 bits per heavy atom. The molecule has 0 aliphatic rings. The third-order valence-electron chi connectivity index (χ3n) is 3.60. The smallest absolute Gasteiger partial charge is 0.193 e. The first kappa shape index (κ1) is 14.9. The highest BCUT2D eigenvalue weighted by molar-refractivity contribution is 6.12. The Hall–Kier alpha value is -3.01. The first-order valence-electron chi connectivity index (χ1n) is 7.14. The minimum Gasteiger partial charge on any atom is -0.496 e. The summed E-state index contributed by atoms with van der Waals surface area (Å²) in [5.74, 6) is 0.816. The highest BCUT2D eigenvalue weighted by Gasteiger charge is 2.16. The molecule has 0 atom stereocenters. The third-order valence-corrected chi connectivity index (χ3v) is 3.60. The summed E-state index contributed by atoms with van der Waals surface area (Å²) in [6.45, 7) is 0. The van der Waals surface area contributed by atoms with Crippen LogP contribution in [0, 0.1) is 0 Å². The highest BCUT2D eigenvalue weighted by Crippen LogP contribution is 2.31. The molecule has 0 spiro atoms. The van der Waals surface area contributed by atoms with Gasteiger partial charge in [-0.2, -0.15) is 0 Å². The molecule has 4 heteroatoms. The summed E-state index contributed by atoms with van der Waals surface area (Å²) in [6, 6.07) is 14.7. The predicted molar refractivity (Wildman–Crippen MR) is 88.5 cm³/mol. The van der Waals surface area contributed by atoms with Gasteiger partial charge in [-0.05, 0) is 18.2 Å². The molecular weight excluding hydrogens is 292 g/mol. The standard InChI is InChI=1S/C19H16O4/c1-21-18(13-6-4-3-5-7-13)12-16(20)14-8-9-17-15(10-11-23-17)19(14)22-2/h3-12H,1-2H3/b18-12-. The number of carbonyl (C=O) groups is 1. The third kappa shape index (κ3) is 2.83. The molecule has 0 saturated heterocycles. The van der Waals surface area contributed by atoms with Crippen LogP contribution in [0.25, 0.3) is 16.7 Å². The molecule has 2 aromatic carbocycles. The second-order valence-electron chi connectivity index (χ2n) is 4.92. The van der Waals surface area contributed by atoms with Crippen molar-refractivity contribution >= 4 is 22.5 Å². The molecule has 1 aromatic heterocycles. The summed E-state index contributed by atoms with van der Waals surface area (Å²) in [5, 5.41) is 0.769. The fraction of sp³-hybridized carbons (Fsp3) is 0.105. The minimum absolute atomic E-state index is 0.189. The molecule has 0 N–H and O–H groups in total. The zero-order valence-corrected chi connectivity index (χ0v) is 12.9. The van der Waals surface area contributed by atoms with Crippen molar-refractivity contribution in [1.82, 2.24) is 0 Å². The molecule has 4 nitrogen and oxygen atoms in total. The van der Waals surface area contributed by atoms with Crippen molar-refractivity contribution in [1.29, 1.82) is 0 Å². The molecule has 0 saturated carbocycles. The molecule has 3 aromatic rings. The average molecular weight is 308 g/mol. The monoisotopic (exact) mass is 308 g/mol. The van der Waals surface area contributed by atoms with E-state index in [9.17, 15) is 4.79 Å². The summed E-state index contributed by atoms with van der Waals surface area (Å²) in [6.07, 6.45) is 3.04. The maximum absolute atomic E-state index is 12.7. The number of allylic oxidation sites excluding steroid dienone is 1. The van der Waals surface area contributed by atoms with Gasteiger partial charge in [0.05, 0.1) is 31.4 Å². The number of ketones is 1. The van der Waals surface area contributed by atoms with Crippen molar-refractivity contribution in [3.8, 4) is 5.75 Å². The Balaban J connectivity index is 2.04. The van der Waals surface area contributed by atoms with Crippen molar-refractivity contribution in [2.75, 3.05) is 14.2 Å². The fourth-order valence-electron chi connectivity index (χ4n) is 2.49. The van der Waals surface area contributed by atoms with E-state index in [2.05, 4.69) is 0 Å². The van der Waals surface area contributed by atoms with E-state index in [1.54, 1.807) is 31.6 Å². The summed E-state index contributed by atoms with van der Waals surface area (Å²) in [4.78, 5) is 12.7.